The lowest BCUT2D eigenvalue weighted by Gasteiger charge is -2.30. The van der Waals surface area contributed by atoms with Crippen molar-refractivity contribution in [3.63, 3.8) is 0 Å². The molecule has 130 valence electrons. The van der Waals surface area contributed by atoms with Gasteiger partial charge in [0.1, 0.15) is 25.0 Å². The molecule has 1 N–H and O–H groups in total. The van der Waals surface area contributed by atoms with Crippen LogP contribution in [-0.2, 0) is 6.54 Å². The van der Waals surface area contributed by atoms with E-state index in [2.05, 4.69) is 22.2 Å². The third-order valence-corrected chi connectivity index (χ3v) is 4.31. The van der Waals surface area contributed by atoms with Crippen LogP contribution < -0.4 is 4.74 Å². The molecule has 0 aliphatic heterocycles. The number of rotatable bonds is 7. The van der Waals surface area contributed by atoms with E-state index in [0.717, 1.165) is 11.3 Å². The van der Waals surface area contributed by atoms with Crippen molar-refractivity contribution < 1.29 is 9.84 Å². The van der Waals surface area contributed by atoms with E-state index in [-0.39, 0.29) is 12.0 Å². The highest BCUT2D eigenvalue weighted by molar-refractivity contribution is 5.63. The molecule has 0 radical (unpaired) electrons. The molecule has 0 fully saturated rings. The largest absolute Gasteiger partial charge is 0.491 e. The SMILES string of the molecule is CC(C)(Cn1cncn1)C(O)COc1ccc(-c2ccccc2)cc1. The number of aliphatic hydroxyl groups excluding tert-OH is 1. The summed E-state index contributed by atoms with van der Waals surface area (Å²) in [6, 6.07) is 18.1. The maximum absolute atomic E-state index is 10.5. The molecule has 0 aliphatic carbocycles. The van der Waals surface area contributed by atoms with E-state index in [1.54, 1.807) is 11.0 Å². The smallest absolute Gasteiger partial charge is 0.137 e. The summed E-state index contributed by atoms with van der Waals surface area (Å²) in [5.41, 5.74) is 1.93. The summed E-state index contributed by atoms with van der Waals surface area (Å²) in [4.78, 5) is 3.93. The van der Waals surface area contributed by atoms with E-state index in [1.165, 1.54) is 11.9 Å². The van der Waals surface area contributed by atoms with Crippen LogP contribution in [0.1, 0.15) is 13.8 Å². The molecule has 0 saturated carbocycles. The number of ether oxygens (including phenoxy) is 1. The zero-order chi connectivity index (χ0) is 17.7. The molecule has 1 aromatic heterocycles. The molecule has 1 atom stereocenters. The van der Waals surface area contributed by atoms with E-state index in [4.69, 9.17) is 4.74 Å². The summed E-state index contributed by atoms with van der Waals surface area (Å²) in [6.45, 7) is 4.78. The van der Waals surface area contributed by atoms with Gasteiger partial charge in [-0.05, 0) is 23.3 Å². The van der Waals surface area contributed by atoms with Gasteiger partial charge in [0.25, 0.3) is 0 Å². The summed E-state index contributed by atoms with van der Waals surface area (Å²) in [7, 11) is 0. The molecule has 1 heterocycles. The first-order valence-corrected chi connectivity index (χ1v) is 8.33. The average Bonchev–Trinajstić information content (AvgIpc) is 3.13. The van der Waals surface area contributed by atoms with Crippen molar-refractivity contribution in [3.8, 4) is 16.9 Å². The topological polar surface area (TPSA) is 60.2 Å². The van der Waals surface area contributed by atoms with Gasteiger partial charge in [0.05, 0.1) is 12.6 Å². The van der Waals surface area contributed by atoms with Crippen LogP contribution in [0.4, 0.5) is 0 Å². The predicted octanol–water partition coefficient (Wildman–Crippen LogP) is 3.41. The van der Waals surface area contributed by atoms with Crippen LogP contribution >= 0.6 is 0 Å². The van der Waals surface area contributed by atoms with Crippen LogP contribution in [0.15, 0.2) is 67.3 Å². The van der Waals surface area contributed by atoms with Gasteiger partial charge in [0, 0.05) is 5.41 Å². The number of hydrogen-bond acceptors (Lipinski definition) is 4. The molecule has 5 heteroatoms. The van der Waals surface area contributed by atoms with Crippen molar-refractivity contribution in [2.75, 3.05) is 6.61 Å². The van der Waals surface area contributed by atoms with Crippen molar-refractivity contribution in [1.29, 1.82) is 0 Å². The maximum atomic E-state index is 10.5. The minimum absolute atomic E-state index is 0.229. The number of hydrogen-bond donors (Lipinski definition) is 1. The Hall–Kier alpha value is -2.66. The van der Waals surface area contributed by atoms with Crippen LogP contribution in [0, 0.1) is 5.41 Å². The fourth-order valence-corrected chi connectivity index (χ4v) is 2.61. The van der Waals surface area contributed by atoms with Gasteiger partial charge in [-0.15, -0.1) is 0 Å². The average molecular weight is 337 g/mol. The standard InChI is InChI=1S/C20H23N3O2/c1-20(2,13-23-15-21-14-22-23)19(24)12-25-18-10-8-17(9-11-18)16-6-4-3-5-7-16/h3-11,14-15,19,24H,12-13H2,1-2H3. The zero-order valence-corrected chi connectivity index (χ0v) is 14.5. The van der Waals surface area contributed by atoms with Crippen LogP contribution in [0.25, 0.3) is 11.1 Å². The summed E-state index contributed by atoms with van der Waals surface area (Å²) in [5, 5.41) is 14.6. The van der Waals surface area contributed by atoms with Gasteiger partial charge >= 0.3 is 0 Å². The molecule has 2 aromatic carbocycles. The minimum atomic E-state index is -0.620. The summed E-state index contributed by atoms with van der Waals surface area (Å²) in [5.74, 6) is 0.746. The van der Waals surface area contributed by atoms with Crippen molar-refractivity contribution in [2.24, 2.45) is 5.41 Å². The summed E-state index contributed by atoms with van der Waals surface area (Å²) < 4.78 is 7.49. The molecule has 25 heavy (non-hydrogen) atoms. The van der Waals surface area contributed by atoms with Gasteiger partial charge < -0.3 is 9.84 Å². The highest BCUT2D eigenvalue weighted by atomic mass is 16.5. The third kappa shape index (κ3) is 4.45. The first-order chi connectivity index (χ1) is 12.0. The highest BCUT2D eigenvalue weighted by Crippen LogP contribution is 2.25. The van der Waals surface area contributed by atoms with E-state index >= 15 is 0 Å². The third-order valence-electron chi connectivity index (χ3n) is 4.31. The first kappa shape index (κ1) is 17.2. The van der Waals surface area contributed by atoms with Gasteiger partial charge in [0.15, 0.2) is 0 Å². The van der Waals surface area contributed by atoms with Crippen molar-refractivity contribution in [2.45, 2.75) is 26.5 Å². The van der Waals surface area contributed by atoms with E-state index in [9.17, 15) is 5.11 Å². The zero-order valence-electron chi connectivity index (χ0n) is 14.5. The van der Waals surface area contributed by atoms with Gasteiger partial charge in [-0.25, -0.2) is 4.98 Å². The van der Waals surface area contributed by atoms with Gasteiger partial charge in [-0.3, -0.25) is 4.68 Å². The van der Waals surface area contributed by atoms with Gasteiger partial charge in [-0.1, -0.05) is 56.3 Å². The molecule has 0 saturated heterocycles. The second-order valence-corrected chi connectivity index (χ2v) is 6.80. The Labute approximate surface area is 147 Å². The van der Waals surface area contributed by atoms with Gasteiger partial charge in [0.2, 0.25) is 0 Å². The highest BCUT2D eigenvalue weighted by Gasteiger charge is 2.29. The van der Waals surface area contributed by atoms with Crippen LogP contribution in [0.3, 0.4) is 0 Å². The summed E-state index contributed by atoms with van der Waals surface area (Å²) >= 11 is 0. The quantitative estimate of drug-likeness (QED) is 0.718. The second kappa shape index (κ2) is 7.49. The van der Waals surface area contributed by atoms with Crippen LogP contribution in [0.5, 0.6) is 5.75 Å². The molecule has 0 spiro atoms. The van der Waals surface area contributed by atoms with Crippen molar-refractivity contribution >= 4 is 0 Å². The summed E-state index contributed by atoms with van der Waals surface area (Å²) in [6.07, 6.45) is 2.52. The molecule has 1 unspecified atom stereocenters. The second-order valence-electron chi connectivity index (χ2n) is 6.80. The number of nitrogens with zero attached hydrogens (tertiary/aromatic N) is 3. The Kier molecular flexibility index (Phi) is 5.14. The predicted molar refractivity (Wildman–Crippen MR) is 97.2 cm³/mol. The van der Waals surface area contributed by atoms with E-state index < -0.39 is 6.10 Å². The Morgan fingerprint density at radius 1 is 1.04 bits per heavy atom. The normalized spacial score (nSPS) is 12.8. The molecule has 3 aromatic rings. The van der Waals surface area contributed by atoms with Crippen molar-refractivity contribution in [3.05, 3.63) is 67.3 Å². The molecule has 3 rings (SSSR count). The van der Waals surface area contributed by atoms with Crippen LogP contribution in [-0.4, -0.2) is 32.6 Å². The Morgan fingerprint density at radius 2 is 1.72 bits per heavy atom. The minimum Gasteiger partial charge on any atom is -0.491 e. The molecule has 0 amide bonds. The lowest BCUT2D eigenvalue weighted by Crippen LogP contribution is -2.38. The molecule has 5 nitrogen and oxygen atoms in total. The Balaban J connectivity index is 1.57. The molecular weight excluding hydrogens is 314 g/mol. The molecular formula is C20H23N3O2. The van der Waals surface area contributed by atoms with E-state index in [0.29, 0.717) is 6.54 Å². The maximum Gasteiger partial charge on any atom is 0.137 e. The first-order valence-electron chi connectivity index (χ1n) is 8.33. The molecule has 0 aliphatic rings. The van der Waals surface area contributed by atoms with Crippen LogP contribution in [0.2, 0.25) is 0 Å². The number of benzene rings is 2. The Bertz CT molecular complexity index is 768. The van der Waals surface area contributed by atoms with E-state index in [1.807, 2.05) is 56.3 Å². The lowest BCUT2D eigenvalue weighted by atomic mass is 9.87. The van der Waals surface area contributed by atoms with Gasteiger partial charge in [-0.2, -0.15) is 5.10 Å². The number of aliphatic hydroxyl groups is 1. The fourth-order valence-electron chi connectivity index (χ4n) is 2.61. The lowest BCUT2D eigenvalue weighted by molar-refractivity contribution is 0.000415. The monoisotopic (exact) mass is 337 g/mol. The number of aromatic nitrogens is 3. The Morgan fingerprint density at radius 3 is 2.36 bits per heavy atom. The van der Waals surface area contributed by atoms with Crippen molar-refractivity contribution in [1.82, 2.24) is 14.8 Å². The fraction of sp³-hybridized carbons (Fsp3) is 0.300. The molecule has 0 bridgehead atoms.